The van der Waals surface area contributed by atoms with E-state index in [4.69, 9.17) is 11.6 Å². The Labute approximate surface area is 88.2 Å². The summed E-state index contributed by atoms with van der Waals surface area (Å²) in [6.07, 6.45) is 2.33. The molecule has 1 aromatic carbocycles. The Bertz CT molecular complexity index is 412. The SMILES string of the molecule is Clc1cccc2c1N=C1CCCN1C2. The molecule has 0 amide bonds. The van der Waals surface area contributed by atoms with Crippen molar-refractivity contribution in [1.29, 1.82) is 0 Å². The van der Waals surface area contributed by atoms with Crippen molar-refractivity contribution < 1.29 is 0 Å². The lowest BCUT2D eigenvalue weighted by atomic mass is 10.1. The van der Waals surface area contributed by atoms with E-state index in [2.05, 4.69) is 16.0 Å². The molecule has 3 heteroatoms. The molecule has 0 bridgehead atoms. The summed E-state index contributed by atoms with van der Waals surface area (Å²) in [5.74, 6) is 1.21. The van der Waals surface area contributed by atoms with Gasteiger partial charge in [0.05, 0.1) is 10.7 Å². The molecule has 2 heterocycles. The molecule has 0 aromatic heterocycles. The molecule has 72 valence electrons. The number of fused-ring (bicyclic) bond motifs is 2. The van der Waals surface area contributed by atoms with Gasteiger partial charge in [-0.25, -0.2) is 4.99 Å². The summed E-state index contributed by atoms with van der Waals surface area (Å²) in [7, 11) is 0. The van der Waals surface area contributed by atoms with E-state index < -0.39 is 0 Å². The molecule has 2 nitrogen and oxygen atoms in total. The first-order valence-corrected chi connectivity index (χ1v) is 5.32. The number of para-hydroxylation sites is 1. The van der Waals surface area contributed by atoms with Gasteiger partial charge in [-0.3, -0.25) is 0 Å². The predicted molar refractivity (Wildman–Crippen MR) is 58.2 cm³/mol. The van der Waals surface area contributed by atoms with Crippen LogP contribution >= 0.6 is 11.6 Å². The highest BCUT2D eigenvalue weighted by atomic mass is 35.5. The highest BCUT2D eigenvalue weighted by Gasteiger charge is 2.24. The molecule has 1 fully saturated rings. The normalized spacial score (nSPS) is 18.9. The van der Waals surface area contributed by atoms with Crippen LogP contribution in [0.3, 0.4) is 0 Å². The minimum Gasteiger partial charge on any atom is -0.356 e. The molecule has 2 aliphatic rings. The fraction of sp³-hybridized carbons (Fsp3) is 0.364. The third-order valence-corrected chi connectivity index (χ3v) is 3.17. The zero-order valence-corrected chi connectivity index (χ0v) is 8.59. The molecule has 0 N–H and O–H groups in total. The van der Waals surface area contributed by atoms with E-state index in [9.17, 15) is 0 Å². The molecule has 1 aromatic rings. The molecule has 14 heavy (non-hydrogen) atoms. The van der Waals surface area contributed by atoms with Crippen molar-refractivity contribution in [3.63, 3.8) is 0 Å². The Morgan fingerprint density at radius 2 is 2.29 bits per heavy atom. The molecular weight excluding hydrogens is 196 g/mol. The first-order valence-electron chi connectivity index (χ1n) is 4.94. The van der Waals surface area contributed by atoms with Crippen molar-refractivity contribution in [2.75, 3.05) is 6.54 Å². The number of nitrogens with zero attached hydrogens (tertiary/aromatic N) is 2. The number of benzene rings is 1. The standard InChI is InChI=1S/C11H11ClN2/c12-9-4-1-3-8-7-14-6-2-5-10(14)13-11(8)9/h1,3-4H,2,5-7H2. The highest BCUT2D eigenvalue weighted by molar-refractivity contribution is 6.33. The first-order chi connectivity index (χ1) is 6.84. The maximum atomic E-state index is 6.11. The maximum Gasteiger partial charge on any atom is 0.105 e. The van der Waals surface area contributed by atoms with Gasteiger partial charge < -0.3 is 4.90 Å². The van der Waals surface area contributed by atoms with Crippen molar-refractivity contribution in [2.24, 2.45) is 4.99 Å². The van der Waals surface area contributed by atoms with Crippen LogP contribution < -0.4 is 0 Å². The van der Waals surface area contributed by atoms with Crippen LogP contribution in [0.25, 0.3) is 0 Å². The molecule has 0 radical (unpaired) electrons. The minimum atomic E-state index is 0.779. The van der Waals surface area contributed by atoms with E-state index in [1.54, 1.807) is 0 Å². The Morgan fingerprint density at radius 3 is 3.21 bits per heavy atom. The van der Waals surface area contributed by atoms with Gasteiger partial charge in [0.2, 0.25) is 0 Å². The number of amidine groups is 1. The average Bonchev–Trinajstić information content (AvgIpc) is 2.62. The van der Waals surface area contributed by atoms with Gasteiger partial charge in [-0.05, 0) is 18.1 Å². The van der Waals surface area contributed by atoms with Crippen molar-refractivity contribution in [3.05, 3.63) is 28.8 Å². The molecule has 0 spiro atoms. The van der Waals surface area contributed by atoms with Crippen LogP contribution in [0.5, 0.6) is 0 Å². The maximum absolute atomic E-state index is 6.11. The van der Waals surface area contributed by atoms with Gasteiger partial charge in [-0.1, -0.05) is 23.7 Å². The summed E-state index contributed by atoms with van der Waals surface area (Å²) in [6, 6.07) is 6.02. The van der Waals surface area contributed by atoms with Crippen molar-refractivity contribution in [3.8, 4) is 0 Å². The Kier molecular flexibility index (Phi) is 1.77. The number of rotatable bonds is 0. The molecule has 3 rings (SSSR count). The Hall–Kier alpha value is -1.02. The zero-order chi connectivity index (χ0) is 9.54. The lowest BCUT2D eigenvalue weighted by Gasteiger charge is -2.25. The number of hydrogen-bond acceptors (Lipinski definition) is 2. The topological polar surface area (TPSA) is 15.6 Å². The fourth-order valence-electron chi connectivity index (χ4n) is 2.16. The minimum absolute atomic E-state index is 0.779. The second-order valence-electron chi connectivity index (χ2n) is 3.80. The van der Waals surface area contributed by atoms with Crippen molar-refractivity contribution >= 4 is 23.1 Å². The lowest BCUT2D eigenvalue weighted by molar-refractivity contribution is 0.443. The fourth-order valence-corrected chi connectivity index (χ4v) is 2.40. The van der Waals surface area contributed by atoms with E-state index in [-0.39, 0.29) is 0 Å². The molecule has 0 aliphatic carbocycles. The largest absolute Gasteiger partial charge is 0.356 e. The van der Waals surface area contributed by atoms with Gasteiger partial charge in [0, 0.05) is 19.5 Å². The summed E-state index contributed by atoms with van der Waals surface area (Å²) in [6.45, 7) is 2.12. The van der Waals surface area contributed by atoms with Gasteiger partial charge in [0.1, 0.15) is 5.84 Å². The summed E-state index contributed by atoms with van der Waals surface area (Å²) in [5, 5.41) is 0.779. The van der Waals surface area contributed by atoms with Crippen LogP contribution in [0, 0.1) is 0 Å². The summed E-state index contributed by atoms with van der Waals surface area (Å²) < 4.78 is 0. The van der Waals surface area contributed by atoms with Gasteiger partial charge in [-0.2, -0.15) is 0 Å². The van der Waals surface area contributed by atoms with Crippen molar-refractivity contribution in [2.45, 2.75) is 19.4 Å². The van der Waals surface area contributed by atoms with E-state index in [0.29, 0.717) is 0 Å². The monoisotopic (exact) mass is 206 g/mol. The average molecular weight is 207 g/mol. The van der Waals surface area contributed by atoms with E-state index in [1.807, 2.05) is 12.1 Å². The van der Waals surface area contributed by atoms with Gasteiger partial charge in [0.15, 0.2) is 0 Å². The van der Waals surface area contributed by atoms with Gasteiger partial charge in [-0.15, -0.1) is 0 Å². The van der Waals surface area contributed by atoms with Gasteiger partial charge in [0.25, 0.3) is 0 Å². The highest BCUT2D eigenvalue weighted by Crippen LogP contribution is 2.35. The summed E-state index contributed by atoms with van der Waals surface area (Å²) in [5.41, 5.74) is 2.24. The Balaban J connectivity index is 2.14. The van der Waals surface area contributed by atoms with Crippen LogP contribution in [0.15, 0.2) is 23.2 Å². The van der Waals surface area contributed by atoms with Crippen LogP contribution in [0.4, 0.5) is 5.69 Å². The molecule has 1 saturated heterocycles. The molecule has 0 atom stereocenters. The number of halogens is 1. The summed E-state index contributed by atoms with van der Waals surface area (Å²) in [4.78, 5) is 6.96. The van der Waals surface area contributed by atoms with Crippen LogP contribution in [-0.4, -0.2) is 17.3 Å². The second-order valence-corrected chi connectivity index (χ2v) is 4.21. The smallest absolute Gasteiger partial charge is 0.105 e. The van der Waals surface area contributed by atoms with E-state index in [0.717, 1.165) is 30.2 Å². The van der Waals surface area contributed by atoms with E-state index >= 15 is 0 Å². The predicted octanol–water partition coefficient (Wildman–Crippen LogP) is 2.98. The van der Waals surface area contributed by atoms with Crippen LogP contribution in [0.1, 0.15) is 18.4 Å². The Morgan fingerprint density at radius 1 is 1.36 bits per heavy atom. The summed E-state index contributed by atoms with van der Waals surface area (Å²) >= 11 is 6.11. The molecular formula is C11H11ClN2. The molecule has 0 unspecified atom stereocenters. The zero-order valence-electron chi connectivity index (χ0n) is 7.83. The number of hydrogen-bond donors (Lipinski definition) is 0. The van der Waals surface area contributed by atoms with E-state index in [1.165, 1.54) is 17.8 Å². The van der Waals surface area contributed by atoms with Crippen LogP contribution in [-0.2, 0) is 6.54 Å². The third-order valence-electron chi connectivity index (χ3n) is 2.87. The van der Waals surface area contributed by atoms with Gasteiger partial charge >= 0.3 is 0 Å². The lowest BCUT2D eigenvalue weighted by Crippen LogP contribution is -2.26. The molecule has 0 saturated carbocycles. The quantitative estimate of drug-likeness (QED) is 0.637. The van der Waals surface area contributed by atoms with Crippen LogP contribution in [0.2, 0.25) is 5.02 Å². The first kappa shape index (κ1) is 8.30. The second kappa shape index (κ2) is 2.99. The third kappa shape index (κ3) is 1.14. The molecule has 2 aliphatic heterocycles. The van der Waals surface area contributed by atoms with Crippen molar-refractivity contribution in [1.82, 2.24) is 4.90 Å². The number of aliphatic imine (C=N–C) groups is 1.